The summed E-state index contributed by atoms with van der Waals surface area (Å²) in [5.74, 6) is 0. The average Bonchev–Trinajstić information content (AvgIpc) is 3.02. The van der Waals surface area contributed by atoms with Crippen LogP contribution >= 0.6 is 11.6 Å². The largest absolute Gasteiger partial charge is 0.444 e. The zero-order valence-corrected chi connectivity index (χ0v) is 17.0. The number of carbonyl (C=O) groups excluding carboxylic acids is 1. The van der Waals surface area contributed by atoms with Gasteiger partial charge in [0.15, 0.2) is 0 Å². The minimum atomic E-state index is -3.76. The van der Waals surface area contributed by atoms with Gasteiger partial charge in [-0.1, -0.05) is 23.7 Å². The van der Waals surface area contributed by atoms with Crippen LogP contribution in [0.2, 0.25) is 5.02 Å². The Bertz CT molecular complexity index is 967. The fraction of sp³-hybridized carbons (Fsp3) is 0.444. The molecule has 2 aromatic rings. The molecule has 1 saturated heterocycles. The first kappa shape index (κ1) is 19.9. The van der Waals surface area contributed by atoms with Crippen LogP contribution in [0.5, 0.6) is 0 Å². The van der Waals surface area contributed by atoms with E-state index >= 15 is 0 Å². The molecular weight excluding hydrogens is 390 g/mol. The highest BCUT2D eigenvalue weighted by Crippen LogP contribution is 2.32. The van der Waals surface area contributed by atoms with Gasteiger partial charge in [-0.05, 0) is 33.3 Å². The predicted octanol–water partition coefficient (Wildman–Crippen LogP) is 3.18. The Morgan fingerprint density at radius 2 is 2.07 bits per heavy atom. The molecule has 0 bridgehead atoms. The highest BCUT2D eigenvalue weighted by Gasteiger charge is 2.35. The fourth-order valence-electron chi connectivity index (χ4n) is 3.05. The van der Waals surface area contributed by atoms with Crippen LogP contribution in [0.25, 0.3) is 10.8 Å². The monoisotopic (exact) mass is 411 g/mol. The lowest BCUT2D eigenvalue weighted by Crippen LogP contribution is -2.41. The molecule has 0 unspecified atom stereocenters. The van der Waals surface area contributed by atoms with Crippen molar-refractivity contribution < 1.29 is 17.9 Å². The Morgan fingerprint density at radius 3 is 2.78 bits per heavy atom. The summed E-state index contributed by atoms with van der Waals surface area (Å²) in [6.07, 6.45) is 2.97. The number of halogens is 1. The number of pyridine rings is 1. The van der Waals surface area contributed by atoms with E-state index < -0.39 is 21.7 Å². The van der Waals surface area contributed by atoms with Gasteiger partial charge < -0.3 is 10.1 Å². The first-order chi connectivity index (χ1) is 12.6. The van der Waals surface area contributed by atoms with Crippen LogP contribution in [0.4, 0.5) is 4.79 Å². The Hall–Kier alpha value is -1.90. The smallest absolute Gasteiger partial charge is 0.407 e. The van der Waals surface area contributed by atoms with E-state index in [4.69, 9.17) is 16.3 Å². The maximum atomic E-state index is 13.2. The summed E-state index contributed by atoms with van der Waals surface area (Å²) in [5, 5.41) is 4.14. The predicted molar refractivity (Wildman–Crippen MR) is 103 cm³/mol. The fourth-order valence-corrected chi connectivity index (χ4v) is 5.11. The van der Waals surface area contributed by atoms with Crippen molar-refractivity contribution in [2.45, 2.75) is 43.7 Å². The topological polar surface area (TPSA) is 88.6 Å². The number of hydrogen-bond acceptors (Lipinski definition) is 5. The molecule has 3 rings (SSSR count). The molecule has 1 aliphatic rings. The van der Waals surface area contributed by atoms with E-state index in [1.807, 2.05) is 0 Å². The van der Waals surface area contributed by atoms with Gasteiger partial charge in [0.2, 0.25) is 10.0 Å². The summed E-state index contributed by atoms with van der Waals surface area (Å²) in [5.41, 5.74) is -0.609. The molecule has 0 saturated carbocycles. The van der Waals surface area contributed by atoms with Crippen molar-refractivity contribution in [2.24, 2.45) is 0 Å². The van der Waals surface area contributed by atoms with Gasteiger partial charge in [-0.25, -0.2) is 13.2 Å². The normalized spacial score (nSPS) is 18.6. The first-order valence-electron chi connectivity index (χ1n) is 8.60. The second-order valence-electron chi connectivity index (χ2n) is 7.47. The van der Waals surface area contributed by atoms with E-state index in [0.717, 1.165) is 0 Å². The molecule has 27 heavy (non-hydrogen) atoms. The van der Waals surface area contributed by atoms with E-state index in [1.165, 1.54) is 16.6 Å². The molecule has 2 heterocycles. The summed E-state index contributed by atoms with van der Waals surface area (Å²) in [7, 11) is -3.76. The van der Waals surface area contributed by atoms with E-state index in [9.17, 15) is 13.2 Å². The molecule has 1 aromatic carbocycles. The molecule has 1 aliphatic heterocycles. The summed E-state index contributed by atoms with van der Waals surface area (Å²) in [4.78, 5) is 16.1. The molecule has 7 nitrogen and oxygen atoms in total. The third-order valence-electron chi connectivity index (χ3n) is 4.19. The Balaban J connectivity index is 1.81. The number of nitrogens with zero attached hydrogens (tertiary/aromatic N) is 2. The maximum Gasteiger partial charge on any atom is 0.407 e. The lowest BCUT2D eigenvalue weighted by molar-refractivity contribution is 0.0507. The number of rotatable bonds is 3. The lowest BCUT2D eigenvalue weighted by atomic mass is 10.2. The van der Waals surface area contributed by atoms with Crippen molar-refractivity contribution in [1.29, 1.82) is 0 Å². The van der Waals surface area contributed by atoms with Crippen LogP contribution in [0, 0.1) is 0 Å². The van der Waals surface area contributed by atoms with Gasteiger partial charge in [-0.2, -0.15) is 4.31 Å². The van der Waals surface area contributed by atoms with E-state index in [-0.39, 0.29) is 22.5 Å². The number of carbonyl (C=O) groups is 1. The maximum absolute atomic E-state index is 13.2. The first-order valence-corrected chi connectivity index (χ1v) is 10.4. The second kappa shape index (κ2) is 7.26. The molecule has 9 heteroatoms. The number of ether oxygens (including phenoxy) is 1. The second-order valence-corrected chi connectivity index (χ2v) is 9.78. The molecule has 0 spiro atoms. The zero-order valence-electron chi connectivity index (χ0n) is 15.4. The third kappa shape index (κ3) is 4.34. The van der Waals surface area contributed by atoms with E-state index in [0.29, 0.717) is 23.7 Å². The van der Waals surface area contributed by atoms with Crippen LogP contribution in [-0.2, 0) is 14.8 Å². The van der Waals surface area contributed by atoms with Crippen molar-refractivity contribution >= 4 is 38.5 Å². The molecule has 1 aromatic heterocycles. The van der Waals surface area contributed by atoms with Gasteiger partial charge in [0.05, 0.1) is 9.92 Å². The Kier molecular flexibility index (Phi) is 5.33. The number of sulfonamides is 1. The Labute approximate surface area is 163 Å². The summed E-state index contributed by atoms with van der Waals surface area (Å²) in [6.45, 7) is 5.81. The van der Waals surface area contributed by atoms with Gasteiger partial charge in [0.1, 0.15) is 5.60 Å². The van der Waals surface area contributed by atoms with Crippen LogP contribution in [-0.4, -0.2) is 48.5 Å². The minimum absolute atomic E-state index is 0.144. The van der Waals surface area contributed by atoms with Crippen molar-refractivity contribution in [3.63, 3.8) is 0 Å². The molecular formula is C18H22ClN3O4S. The number of fused-ring (bicyclic) bond motifs is 1. The van der Waals surface area contributed by atoms with Crippen LogP contribution in [0.1, 0.15) is 27.2 Å². The molecule has 146 valence electrons. The van der Waals surface area contributed by atoms with Gasteiger partial charge in [-0.15, -0.1) is 0 Å². The van der Waals surface area contributed by atoms with Crippen molar-refractivity contribution in [3.8, 4) is 0 Å². The highest BCUT2D eigenvalue weighted by molar-refractivity contribution is 7.89. The van der Waals surface area contributed by atoms with Crippen LogP contribution < -0.4 is 5.32 Å². The Morgan fingerprint density at radius 1 is 1.33 bits per heavy atom. The van der Waals surface area contributed by atoms with Crippen molar-refractivity contribution in [3.05, 3.63) is 35.6 Å². The van der Waals surface area contributed by atoms with Crippen molar-refractivity contribution in [2.75, 3.05) is 13.1 Å². The van der Waals surface area contributed by atoms with Crippen molar-refractivity contribution in [1.82, 2.24) is 14.6 Å². The van der Waals surface area contributed by atoms with Gasteiger partial charge in [0.25, 0.3) is 0 Å². The summed E-state index contributed by atoms with van der Waals surface area (Å²) >= 11 is 6.21. The molecule has 1 amide bonds. The SMILES string of the molecule is CC(C)(C)OC(=O)N[C@H]1CCN(S(=O)(=O)c2cccc3cncc(Cl)c23)C1. The number of amides is 1. The quantitative estimate of drug-likeness (QED) is 0.837. The number of hydrogen-bond donors (Lipinski definition) is 1. The van der Waals surface area contributed by atoms with Crippen LogP contribution in [0.3, 0.4) is 0 Å². The number of benzene rings is 1. The summed E-state index contributed by atoms with van der Waals surface area (Å²) < 4.78 is 32.9. The number of aromatic nitrogens is 1. The standard InChI is InChI=1S/C18H22ClN3O4S/c1-18(2,3)26-17(23)21-13-7-8-22(11-13)27(24,25)15-6-4-5-12-9-20-10-14(19)16(12)15/h4-6,9-10,13H,7-8,11H2,1-3H3,(H,21,23)/t13-/m0/s1. The molecule has 0 aliphatic carbocycles. The third-order valence-corrected chi connectivity index (χ3v) is 6.38. The average molecular weight is 412 g/mol. The van der Waals surface area contributed by atoms with Gasteiger partial charge in [0, 0.05) is 42.3 Å². The zero-order chi connectivity index (χ0) is 19.8. The molecule has 0 radical (unpaired) electrons. The van der Waals surface area contributed by atoms with Gasteiger partial charge >= 0.3 is 6.09 Å². The number of alkyl carbamates (subject to hydrolysis) is 1. The molecule has 1 fully saturated rings. The highest BCUT2D eigenvalue weighted by atomic mass is 35.5. The van der Waals surface area contributed by atoms with Gasteiger partial charge in [-0.3, -0.25) is 4.98 Å². The number of nitrogens with one attached hydrogen (secondary N) is 1. The van der Waals surface area contributed by atoms with E-state index in [2.05, 4.69) is 10.3 Å². The van der Waals surface area contributed by atoms with Crippen LogP contribution in [0.15, 0.2) is 35.5 Å². The molecule has 1 N–H and O–H groups in total. The minimum Gasteiger partial charge on any atom is -0.444 e. The lowest BCUT2D eigenvalue weighted by Gasteiger charge is -2.22. The molecule has 1 atom stereocenters. The van der Waals surface area contributed by atoms with E-state index in [1.54, 1.807) is 39.1 Å². The summed E-state index contributed by atoms with van der Waals surface area (Å²) in [6, 6.07) is 4.67.